The molecule has 1 N–H and O–H groups in total. The first-order chi connectivity index (χ1) is 9.85. The Bertz CT molecular complexity index is 492. The zero-order valence-electron chi connectivity index (χ0n) is 12.4. The number of hydrogen-bond donors (Lipinski definition) is 1. The van der Waals surface area contributed by atoms with E-state index in [2.05, 4.69) is 52.0 Å². The fourth-order valence-electron chi connectivity index (χ4n) is 2.38. The Hall–Kier alpha value is -1.68. The second-order valence-electron chi connectivity index (χ2n) is 5.03. The SMILES string of the molecule is CCCNC(Cc1nccn1CCC)c1ccncc1. The highest BCUT2D eigenvalue weighted by Crippen LogP contribution is 2.17. The number of imidazole rings is 1. The van der Waals surface area contributed by atoms with Gasteiger partial charge in [-0.05, 0) is 37.1 Å². The quantitative estimate of drug-likeness (QED) is 0.803. The number of pyridine rings is 1. The normalized spacial score (nSPS) is 12.5. The van der Waals surface area contributed by atoms with Crippen LogP contribution in [0.4, 0.5) is 0 Å². The summed E-state index contributed by atoms with van der Waals surface area (Å²) in [5.41, 5.74) is 1.28. The van der Waals surface area contributed by atoms with Crippen molar-refractivity contribution >= 4 is 0 Å². The first-order valence-electron chi connectivity index (χ1n) is 7.48. The monoisotopic (exact) mass is 272 g/mol. The van der Waals surface area contributed by atoms with Crippen LogP contribution in [0.5, 0.6) is 0 Å². The minimum Gasteiger partial charge on any atom is -0.335 e. The van der Waals surface area contributed by atoms with E-state index in [0.29, 0.717) is 6.04 Å². The van der Waals surface area contributed by atoms with Crippen LogP contribution in [-0.2, 0) is 13.0 Å². The number of hydrogen-bond acceptors (Lipinski definition) is 3. The molecule has 2 heterocycles. The largest absolute Gasteiger partial charge is 0.335 e. The molecule has 0 spiro atoms. The summed E-state index contributed by atoms with van der Waals surface area (Å²) in [6.07, 6.45) is 10.9. The van der Waals surface area contributed by atoms with Gasteiger partial charge >= 0.3 is 0 Å². The molecule has 2 aromatic rings. The molecule has 0 aliphatic heterocycles. The molecule has 0 bridgehead atoms. The lowest BCUT2D eigenvalue weighted by Crippen LogP contribution is -2.25. The molecule has 2 aromatic heterocycles. The average molecular weight is 272 g/mol. The van der Waals surface area contributed by atoms with Gasteiger partial charge in [-0.25, -0.2) is 4.98 Å². The molecule has 0 aliphatic carbocycles. The molecule has 4 heteroatoms. The fourth-order valence-corrected chi connectivity index (χ4v) is 2.38. The zero-order chi connectivity index (χ0) is 14.2. The molecule has 0 saturated carbocycles. The highest BCUT2D eigenvalue weighted by Gasteiger charge is 2.14. The molecule has 20 heavy (non-hydrogen) atoms. The molecule has 0 saturated heterocycles. The van der Waals surface area contributed by atoms with Gasteiger partial charge in [0.05, 0.1) is 0 Å². The van der Waals surface area contributed by atoms with Crippen molar-refractivity contribution in [2.45, 2.75) is 45.7 Å². The van der Waals surface area contributed by atoms with Crippen LogP contribution in [-0.4, -0.2) is 21.1 Å². The Morgan fingerprint density at radius 3 is 2.65 bits per heavy atom. The van der Waals surface area contributed by atoms with Gasteiger partial charge in [-0.2, -0.15) is 0 Å². The molecule has 0 radical (unpaired) electrons. The van der Waals surface area contributed by atoms with Gasteiger partial charge in [-0.15, -0.1) is 0 Å². The molecule has 1 atom stereocenters. The smallest absolute Gasteiger partial charge is 0.110 e. The second-order valence-corrected chi connectivity index (χ2v) is 5.03. The van der Waals surface area contributed by atoms with Gasteiger partial charge in [0, 0.05) is 43.8 Å². The van der Waals surface area contributed by atoms with Gasteiger partial charge in [-0.3, -0.25) is 4.98 Å². The van der Waals surface area contributed by atoms with E-state index in [1.807, 2.05) is 18.6 Å². The van der Waals surface area contributed by atoms with Crippen LogP contribution in [0.25, 0.3) is 0 Å². The first-order valence-corrected chi connectivity index (χ1v) is 7.48. The number of aryl methyl sites for hydroxylation is 1. The Balaban J connectivity index is 2.13. The van der Waals surface area contributed by atoms with Crippen LogP contribution in [0.15, 0.2) is 36.9 Å². The van der Waals surface area contributed by atoms with Crippen molar-refractivity contribution in [3.05, 3.63) is 48.3 Å². The van der Waals surface area contributed by atoms with Gasteiger partial charge in [0.1, 0.15) is 5.82 Å². The Kier molecular flexibility index (Phi) is 5.74. The summed E-state index contributed by atoms with van der Waals surface area (Å²) in [6.45, 7) is 6.43. The highest BCUT2D eigenvalue weighted by atomic mass is 15.1. The minimum absolute atomic E-state index is 0.302. The summed E-state index contributed by atoms with van der Waals surface area (Å²) >= 11 is 0. The minimum atomic E-state index is 0.302. The van der Waals surface area contributed by atoms with Crippen molar-refractivity contribution in [2.24, 2.45) is 0 Å². The Morgan fingerprint density at radius 1 is 1.15 bits per heavy atom. The average Bonchev–Trinajstić information content (AvgIpc) is 2.92. The molecule has 0 aliphatic rings. The van der Waals surface area contributed by atoms with Gasteiger partial charge < -0.3 is 9.88 Å². The van der Waals surface area contributed by atoms with E-state index in [4.69, 9.17) is 0 Å². The maximum atomic E-state index is 4.52. The lowest BCUT2D eigenvalue weighted by atomic mass is 10.0. The van der Waals surface area contributed by atoms with Crippen molar-refractivity contribution in [2.75, 3.05) is 6.54 Å². The maximum absolute atomic E-state index is 4.52. The van der Waals surface area contributed by atoms with Crippen LogP contribution in [0.2, 0.25) is 0 Å². The van der Waals surface area contributed by atoms with Gasteiger partial charge in [0.15, 0.2) is 0 Å². The van der Waals surface area contributed by atoms with E-state index >= 15 is 0 Å². The molecule has 0 fully saturated rings. The van der Waals surface area contributed by atoms with Gasteiger partial charge in [-0.1, -0.05) is 13.8 Å². The third-order valence-electron chi connectivity index (χ3n) is 3.40. The number of nitrogens with zero attached hydrogens (tertiary/aromatic N) is 3. The standard InChI is InChI=1S/C16H24N4/c1-3-7-18-15(14-5-8-17-9-6-14)13-16-19-10-12-20(16)11-4-2/h5-6,8-10,12,15,18H,3-4,7,11,13H2,1-2H3. The lowest BCUT2D eigenvalue weighted by molar-refractivity contribution is 0.501. The predicted octanol–water partition coefficient (Wildman–Crippen LogP) is 2.97. The van der Waals surface area contributed by atoms with E-state index in [-0.39, 0.29) is 0 Å². The Morgan fingerprint density at radius 2 is 1.95 bits per heavy atom. The van der Waals surface area contributed by atoms with E-state index in [0.717, 1.165) is 38.2 Å². The Labute approximate surface area is 121 Å². The van der Waals surface area contributed by atoms with Crippen LogP contribution in [0.1, 0.15) is 44.1 Å². The summed E-state index contributed by atoms with van der Waals surface area (Å²) in [6, 6.07) is 4.47. The molecule has 2 rings (SSSR count). The van der Waals surface area contributed by atoms with Crippen LogP contribution < -0.4 is 5.32 Å². The maximum Gasteiger partial charge on any atom is 0.110 e. The van der Waals surface area contributed by atoms with Crippen molar-refractivity contribution in [3.63, 3.8) is 0 Å². The molecular formula is C16H24N4. The molecular weight excluding hydrogens is 248 g/mol. The van der Waals surface area contributed by atoms with Crippen molar-refractivity contribution in [1.29, 1.82) is 0 Å². The van der Waals surface area contributed by atoms with Crippen LogP contribution in [0, 0.1) is 0 Å². The summed E-state index contributed by atoms with van der Waals surface area (Å²) in [5, 5.41) is 3.61. The van der Waals surface area contributed by atoms with Gasteiger partial charge in [0.25, 0.3) is 0 Å². The third-order valence-corrected chi connectivity index (χ3v) is 3.40. The van der Waals surface area contributed by atoms with E-state index in [1.165, 1.54) is 5.56 Å². The van der Waals surface area contributed by atoms with E-state index in [9.17, 15) is 0 Å². The summed E-state index contributed by atoms with van der Waals surface area (Å²) < 4.78 is 2.25. The van der Waals surface area contributed by atoms with Crippen molar-refractivity contribution < 1.29 is 0 Å². The van der Waals surface area contributed by atoms with Gasteiger partial charge in [0.2, 0.25) is 0 Å². The summed E-state index contributed by atoms with van der Waals surface area (Å²) in [7, 11) is 0. The van der Waals surface area contributed by atoms with Crippen molar-refractivity contribution in [1.82, 2.24) is 19.9 Å². The van der Waals surface area contributed by atoms with E-state index < -0.39 is 0 Å². The number of nitrogens with one attached hydrogen (secondary N) is 1. The highest BCUT2D eigenvalue weighted by molar-refractivity contribution is 5.17. The molecule has 0 aromatic carbocycles. The second kappa shape index (κ2) is 7.80. The topological polar surface area (TPSA) is 42.7 Å². The molecule has 108 valence electrons. The number of aromatic nitrogens is 3. The predicted molar refractivity (Wildman–Crippen MR) is 81.5 cm³/mol. The molecule has 1 unspecified atom stereocenters. The van der Waals surface area contributed by atoms with E-state index in [1.54, 1.807) is 0 Å². The number of rotatable bonds is 8. The fraction of sp³-hybridized carbons (Fsp3) is 0.500. The summed E-state index contributed by atoms with van der Waals surface area (Å²) in [5.74, 6) is 1.15. The lowest BCUT2D eigenvalue weighted by Gasteiger charge is -2.19. The first kappa shape index (κ1) is 14.7. The third kappa shape index (κ3) is 3.90. The van der Waals surface area contributed by atoms with Crippen LogP contribution >= 0.6 is 0 Å². The zero-order valence-corrected chi connectivity index (χ0v) is 12.4. The molecule has 0 amide bonds. The summed E-state index contributed by atoms with van der Waals surface area (Å²) in [4.78, 5) is 8.62. The van der Waals surface area contributed by atoms with Crippen LogP contribution in [0.3, 0.4) is 0 Å². The molecule has 4 nitrogen and oxygen atoms in total. The van der Waals surface area contributed by atoms with Crippen molar-refractivity contribution in [3.8, 4) is 0 Å².